The molecule has 3 atom stereocenters. The van der Waals surface area contributed by atoms with Gasteiger partial charge in [-0.1, -0.05) is 6.07 Å². The lowest BCUT2D eigenvalue weighted by Gasteiger charge is -2.25. The Hall–Kier alpha value is -2.23. The molecule has 1 aromatic heterocycles. The van der Waals surface area contributed by atoms with Crippen LogP contribution in [0.2, 0.25) is 0 Å². The molecule has 1 amide bonds. The number of ether oxygens (including phenoxy) is 1. The number of alkyl halides is 3. The highest BCUT2D eigenvalue weighted by Crippen LogP contribution is 2.41. The van der Waals surface area contributed by atoms with Crippen molar-refractivity contribution < 1.29 is 27.1 Å². The van der Waals surface area contributed by atoms with Gasteiger partial charge >= 0.3 is 6.18 Å². The minimum Gasteiger partial charge on any atom is -0.471 e. The highest BCUT2D eigenvalue weighted by molar-refractivity contribution is 9.10. The van der Waals surface area contributed by atoms with Crippen LogP contribution in [-0.4, -0.2) is 39.0 Å². The third-order valence-corrected chi connectivity index (χ3v) is 5.89. The molecule has 2 saturated heterocycles. The molecule has 28 heavy (non-hydrogen) atoms. The van der Waals surface area contributed by atoms with Crippen molar-refractivity contribution in [1.82, 2.24) is 14.9 Å². The van der Waals surface area contributed by atoms with Crippen molar-refractivity contribution in [3.8, 4) is 5.88 Å². The first-order valence-corrected chi connectivity index (χ1v) is 9.37. The molecule has 148 valence electrons. The van der Waals surface area contributed by atoms with Gasteiger partial charge in [0.15, 0.2) is 5.69 Å². The monoisotopic (exact) mass is 459 g/mol. The number of halogens is 5. The maximum Gasteiger partial charge on any atom is 0.434 e. The van der Waals surface area contributed by atoms with E-state index in [-0.39, 0.29) is 33.9 Å². The number of amides is 1. The zero-order valence-electron chi connectivity index (χ0n) is 14.3. The van der Waals surface area contributed by atoms with Crippen molar-refractivity contribution in [2.24, 2.45) is 0 Å². The van der Waals surface area contributed by atoms with E-state index in [0.717, 1.165) is 12.6 Å². The van der Waals surface area contributed by atoms with E-state index < -0.39 is 23.8 Å². The fourth-order valence-electron chi connectivity index (χ4n) is 3.86. The van der Waals surface area contributed by atoms with Gasteiger partial charge in [-0.05, 0) is 40.9 Å². The Kier molecular flexibility index (Phi) is 4.76. The maximum atomic E-state index is 13.8. The second kappa shape index (κ2) is 6.98. The van der Waals surface area contributed by atoms with Crippen molar-refractivity contribution in [1.29, 1.82) is 0 Å². The molecule has 0 aliphatic carbocycles. The number of aromatic nitrogens is 2. The van der Waals surface area contributed by atoms with Crippen LogP contribution < -0.4 is 4.74 Å². The maximum absolute atomic E-state index is 13.8. The van der Waals surface area contributed by atoms with Gasteiger partial charge in [-0.25, -0.2) is 14.4 Å². The molecular formula is C18H14BrF4N3O2. The predicted octanol–water partition coefficient (Wildman–Crippen LogP) is 4.22. The van der Waals surface area contributed by atoms with Crippen LogP contribution >= 0.6 is 15.9 Å². The highest BCUT2D eigenvalue weighted by atomic mass is 79.9. The Morgan fingerprint density at radius 1 is 1.21 bits per heavy atom. The van der Waals surface area contributed by atoms with Gasteiger partial charge in [0.2, 0.25) is 5.88 Å². The highest BCUT2D eigenvalue weighted by Gasteiger charge is 2.50. The van der Waals surface area contributed by atoms with Crippen LogP contribution in [0.5, 0.6) is 5.88 Å². The zero-order valence-corrected chi connectivity index (χ0v) is 15.9. The summed E-state index contributed by atoms with van der Waals surface area (Å²) in [5, 5.41) is 0. The number of rotatable bonds is 3. The summed E-state index contributed by atoms with van der Waals surface area (Å²) in [5.41, 5.74) is -0.868. The molecule has 2 fully saturated rings. The largest absolute Gasteiger partial charge is 0.471 e. The quantitative estimate of drug-likeness (QED) is 0.644. The Bertz CT molecular complexity index is 907. The average Bonchev–Trinajstić information content (AvgIpc) is 3.21. The Morgan fingerprint density at radius 3 is 2.68 bits per heavy atom. The van der Waals surface area contributed by atoms with Crippen LogP contribution in [0.25, 0.3) is 0 Å². The normalized spacial score (nSPS) is 23.9. The fourth-order valence-corrected chi connectivity index (χ4v) is 4.30. The number of hydrogen-bond donors (Lipinski definition) is 0. The van der Waals surface area contributed by atoms with Crippen LogP contribution in [0.15, 0.2) is 35.1 Å². The molecule has 2 aromatic rings. The number of benzene rings is 1. The molecule has 4 rings (SSSR count). The lowest BCUT2D eigenvalue weighted by Crippen LogP contribution is -2.39. The number of nitrogens with zero attached hydrogens (tertiary/aromatic N) is 3. The molecule has 2 aliphatic heterocycles. The van der Waals surface area contributed by atoms with E-state index in [2.05, 4.69) is 25.9 Å². The average molecular weight is 460 g/mol. The van der Waals surface area contributed by atoms with Gasteiger partial charge in [0, 0.05) is 12.5 Å². The van der Waals surface area contributed by atoms with Crippen molar-refractivity contribution in [2.75, 3.05) is 0 Å². The Labute approximate surface area is 165 Å². The standard InChI is InChI=1S/C18H14BrF4N3O2/c19-16-10(2-1-3-11(16)20)17(27)26-9-4-5-12(26)13(6-9)28-15-8-24-14(7-25-15)18(21,22)23/h1-3,7-9,12-13H,4-6H2/t9-,12+,13-/m1/s1. The lowest BCUT2D eigenvalue weighted by atomic mass is 9.98. The van der Waals surface area contributed by atoms with Crippen LogP contribution in [-0.2, 0) is 6.18 Å². The molecule has 2 aliphatic rings. The second-order valence-electron chi connectivity index (χ2n) is 6.74. The van der Waals surface area contributed by atoms with Crippen LogP contribution in [0.3, 0.4) is 0 Å². The minimum absolute atomic E-state index is 0.0233. The first-order chi connectivity index (χ1) is 13.3. The van der Waals surface area contributed by atoms with Gasteiger partial charge in [-0.2, -0.15) is 13.2 Å². The van der Waals surface area contributed by atoms with Crippen molar-refractivity contribution in [3.05, 3.63) is 52.1 Å². The third kappa shape index (κ3) is 3.34. The summed E-state index contributed by atoms with van der Waals surface area (Å²) in [6.07, 6.45) is -1.39. The van der Waals surface area contributed by atoms with E-state index in [9.17, 15) is 22.4 Å². The molecule has 1 aromatic carbocycles. The predicted molar refractivity (Wildman–Crippen MR) is 93.1 cm³/mol. The molecule has 3 heterocycles. The van der Waals surface area contributed by atoms with Gasteiger partial charge in [0.05, 0.1) is 28.5 Å². The van der Waals surface area contributed by atoms with Gasteiger partial charge < -0.3 is 9.64 Å². The van der Waals surface area contributed by atoms with E-state index in [1.54, 1.807) is 11.0 Å². The summed E-state index contributed by atoms with van der Waals surface area (Å²) >= 11 is 3.12. The number of carbonyl (C=O) groups is 1. The molecule has 10 heteroatoms. The van der Waals surface area contributed by atoms with Gasteiger partial charge in [-0.15, -0.1) is 0 Å². The first-order valence-electron chi connectivity index (χ1n) is 8.58. The third-order valence-electron chi connectivity index (χ3n) is 5.09. The summed E-state index contributed by atoms with van der Waals surface area (Å²) in [4.78, 5) is 21.7. The van der Waals surface area contributed by atoms with Crippen LogP contribution in [0.1, 0.15) is 35.3 Å². The SMILES string of the molecule is O=C(c1cccc(F)c1Br)N1[C@@H]2CC[C@H]1[C@H](Oc1cnc(C(F)(F)F)cn1)C2. The second-order valence-corrected chi connectivity index (χ2v) is 7.53. The Morgan fingerprint density at radius 2 is 2.00 bits per heavy atom. The summed E-state index contributed by atoms with van der Waals surface area (Å²) in [6.45, 7) is 0. The minimum atomic E-state index is -4.57. The van der Waals surface area contributed by atoms with Crippen molar-refractivity contribution >= 4 is 21.8 Å². The molecule has 5 nitrogen and oxygen atoms in total. The topological polar surface area (TPSA) is 55.3 Å². The fraction of sp³-hybridized carbons (Fsp3) is 0.389. The van der Waals surface area contributed by atoms with Crippen molar-refractivity contribution in [3.63, 3.8) is 0 Å². The summed E-state index contributed by atoms with van der Waals surface area (Å²) < 4.78 is 57.4. The van der Waals surface area contributed by atoms with Crippen LogP contribution in [0.4, 0.5) is 17.6 Å². The smallest absolute Gasteiger partial charge is 0.434 e. The molecule has 0 spiro atoms. The number of fused-ring (bicyclic) bond motifs is 2. The molecule has 0 N–H and O–H groups in total. The van der Waals surface area contributed by atoms with E-state index in [1.807, 2.05) is 0 Å². The number of hydrogen-bond acceptors (Lipinski definition) is 4. The lowest BCUT2D eigenvalue weighted by molar-refractivity contribution is -0.141. The van der Waals surface area contributed by atoms with Gasteiger partial charge in [0.25, 0.3) is 5.91 Å². The van der Waals surface area contributed by atoms with Gasteiger partial charge in [-0.3, -0.25) is 4.79 Å². The molecule has 0 saturated carbocycles. The van der Waals surface area contributed by atoms with E-state index in [0.29, 0.717) is 19.0 Å². The molecule has 0 radical (unpaired) electrons. The first kappa shape index (κ1) is 19.1. The summed E-state index contributed by atoms with van der Waals surface area (Å²) in [7, 11) is 0. The van der Waals surface area contributed by atoms with Crippen LogP contribution in [0, 0.1) is 5.82 Å². The van der Waals surface area contributed by atoms with E-state index in [1.165, 1.54) is 12.1 Å². The van der Waals surface area contributed by atoms with E-state index in [4.69, 9.17) is 4.74 Å². The Balaban J connectivity index is 1.51. The molecule has 0 unspecified atom stereocenters. The molecular weight excluding hydrogens is 446 g/mol. The van der Waals surface area contributed by atoms with E-state index >= 15 is 0 Å². The summed E-state index contributed by atoms with van der Waals surface area (Å²) in [5.74, 6) is -0.849. The zero-order chi connectivity index (χ0) is 20.1. The summed E-state index contributed by atoms with van der Waals surface area (Å²) in [6, 6.07) is 3.95. The number of carbonyl (C=O) groups excluding carboxylic acids is 1. The molecule has 2 bridgehead atoms. The van der Waals surface area contributed by atoms with Gasteiger partial charge in [0.1, 0.15) is 11.9 Å². The van der Waals surface area contributed by atoms with Crippen molar-refractivity contribution in [2.45, 2.75) is 43.6 Å².